The lowest BCUT2D eigenvalue weighted by Gasteiger charge is -2.44. The van der Waals surface area contributed by atoms with Gasteiger partial charge in [0.05, 0.1) is 6.61 Å². The summed E-state index contributed by atoms with van der Waals surface area (Å²) >= 11 is 0. The molecule has 0 aliphatic rings. The highest BCUT2D eigenvalue weighted by molar-refractivity contribution is 5.79. The van der Waals surface area contributed by atoms with E-state index in [1.807, 2.05) is 0 Å². The summed E-state index contributed by atoms with van der Waals surface area (Å²) in [7, 11) is 0. The van der Waals surface area contributed by atoms with Crippen LogP contribution in [0.5, 0.6) is 0 Å². The van der Waals surface area contributed by atoms with E-state index in [1.165, 1.54) is 0 Å². The maximum atomic E-state index is 13.5. The van der Waals surface area contributed by atoms with Gasteiger partial charge in [-0.1, -0.05) is 0 Å². The first-order valence-electron chi connectivity index (χ1n) is 7.87. The van der Waals surface area contributed by atoms with Gasteiger partial charge in [-0.15, -0.1) is 0 Å². The van der Waals surface area contributed by atoms with Gasteiger partial charge in [0.1, 0.15) is 0 Å². The minimum atomic E-state index is -9.25. The number of rotatable bonds is 10. The number of hydrogen-bond donors (Lipinski definition) is 0. The summed E-state index contributed by atoms with van der Waals surface area (Å²) in [6.45, 7) is -0.984. The summed E-state index contributed by atoms with van der Waals surface area (Å²) < 4.78 is 277. The van der Waals surface area contributed by atoms with Crippen LogP contribution < -0.4 is 0 Å². The van der Waals surface area contributed by atoms with Gasteiger partial charge in [0, 0.05) is 0 Å². The highest BCUT2D eigenvalue weighted by Gasteiger charge is 2.98. The van der Waals surface area contributed by atoms with Crippen LogP contribution in [0.3, 0.4) is 0 Å². The average molecular weight is 592 g/mol. The molecule has 0 saturated carbocycles. The van der Waals surface area contributed by atoms with Crippen molar-refractivity contribution in [3.05, 3.63) is 0 Å². The van der Waals surface area contributed by atoms with Crippen molar-refractivity contribution < 1.29 is 102 Å². The number of alkyl halides is 21. The van der Waals surface area contributed by atoms with Crippen molar-refractivity contribution in [3.63, 3.8) is 0 Å². The van der Waals surface area contributed by atoms with E-state index < -0.39 is 72.1 Å². The fourth-order valence-corrected chi connectivity index (χ4v) is 1.91. The molecule has 0 aromatic rings. The highest BCUT2D eigenvalue weighted by Crippen LogP contribution is 2.66. The van der Waals surface area contributed by atoms with Gasteiger partial charge >= 0.3 is 65.4 Å². The van der Waals surface area contributed by atoms with Crippen LogP contribution in [0.15, 0.2) is 0 Å². The molecule has 2 nitrogen and oxygen atoms in total. The maximum absolute atomic E-state index is 13.5. The topological polar surface area (TPSA) is 26.3 Å². The molecule has 0 amide bonds. The lowest BCUT2D eigenvalue weighted by molar-refractivity contribution is -0.473. The Hall–Kier alpha value is -2.00. The Kier molecular flexibility index (Phi) is 8.04. The first-order valence-corrected chi connectivity index (χ1v) is 7.87. The third kappa shape index (κ3) is 3.97. The van der Waals surface area contributed by atoms with Gasteiger partial charge in [-0.25, -0.2) is 4.79 Å². The van der Waals surface area contributed by atoms with Crippen molar-refractivity contribution in [2.45, 2.75) is 66.4 Å². The molecule has 23 heteroatoms. The van der Waals surface area contributed by atoms with Gasteiger partial charge in [0.15, 0.2) is 0 Å². The molecular formula is C13H5F21O2. The molecule has 0 radical (unpaired) electrons. The predicted molar refractivity (Wildman–Crippen MR) is 67.2 cm³/mol. The largest absolute Gasteiger partial charge is 0.461 e. The zero-order chi connectivity index (χ0) is 30.0. The van der Waals surface area contributed by atoms with Crippen molar-refractivity contribution in [1.82, 2.24) is 0 Å². The highest BCUT2D eigenvalue weighted by atomic mass is 19.4. The van der Waals surface area contributed by atoms with E-state index >= 15 is 0 Å². The molecule has 0 aliphatic heterocycles. The Bertz CT molecular complexity index is 822. The fraction of sp³-hybridized carbons (Fsp3) is 0.923. The van der Waals surface area contributed by atoms with Crippen LogP contribution in [-0.2, 0) is 9.53 Å². The monoisotopic (exact) mass is 592 g/mol. The van der Waals surface area contributed by atoms with Crippen molar-refractivity contribution in [2.75, 3.05) is 6.61 Å². The molecule has 0 N–H and O–H groups in total. The van der Waals surface area contributed by atoms with E-state index in [9.17, 15) is 97.0 Å². The lowest BCUT2D eigenvalue weighted by atomic mass is 9.86. The second kappa shape index (κ2) is 8.51. The standard InChI is InChI=1S/C13H5F21O2/c1-2-36-3(35)4(14,15)5(16,17)6(18,19)7(20,21)8(22,23)9(24,25)10(26,27)11(28,29)12(30,31)13(32,33)34/h2H2,1H3. The van der Waals surface area contributed by atoms with Gasteiger partial charge in [0.2, 0.25) is 0 Å². The van der Waals surface area contributed by atoms with E-state index in [0.717, 1.165) is 0 Å². The molecule has 0 rings (SSSR count). The SMILES string of the molecule is CCOC(=O)C(F)(F)C(F)(F)C(F)(F)C(F)(F)C(F)(F)C(F)(F)C(F)(F)C(F)(F)C(F)(F)C(F)(F)F. The van der Waals surface area contributed by atoms with Crippen LogP contribution in [0.4, 0.5) is 92.2 Å². The zero-order valence-corrected chi connectivity index (χ0v) is 16.0. The Morgan fingerprint density at radius 1 is 0.444 bits per heavy atom. The predicted octanol–water partition coefficient (Wildman–Crippen LogP) is 6.83. The number of carbonyl (C=O) groups excluding carboxylic acids is 1. The Morgan fingerprint density at radius 3 is 0.889 bits per heavy atom. The molecule has 0 spiro atoms. The van der Waals surface area contributed by atoms with Crippen LogP contribution in [0.25, 0.3) is 0 Å². The van der Waals surface area contributed by atoms with Gasteiger partial charge in [0.25, 0.3) is 0 Å². The maximum Gasteiger partial charge on any atom is 0.460 e. The Labute approximate surface area is 182 Å². The lowest BCUT2D eigenvalue weighted by Crippen LogP contribution is -2.77. The van der Waals surface area contributed by atoms with E-state index in [-0.39, 0.29) is 0 Å². The number of carbonyl (C=O) groups is 1. The molecule has 0 aromatic heterocycles. The van der Waals surface area contributed by atoms with E-state index in [4.69, 9.17) is 0 Å². The first kappa shape index (κ1) is 34.0. The van der Waals surface area contributed by atoms with Gasteiger partial charge in [-0.3, -0.25) is 0 Å². The molecule has 0 saturated heterocycles. The third-order valence-corrected chi connectivity index (χ3v) is 4.04. The normalized spacial score (nSPS) is 16.3. The minimum Gasteiger partial charge on any atom is -0.461 e. The third-order valence-electron chi connectivity index (χ3n) is 4.04. The molecule has 0 heterocycles. The summed E-state index contributed by atoms with van der Waals surface area (Å²) in [5.41, 5.74) is 0. The second-order valence-corrected chi connectivity index (χ2v) is 6.39. The van der Waals surface area contributed by atoms with Crippen LogP contribution >= 0.6 is 0 Å². The van der Waals surface area contributed by atoms with Crippen molar-refractivity contribution in [3.8, 4) is 0 Å². The summed E-state index contributed by atoms with van der Waals surface area (Å²) in [6.07, 6.45) is -8.04. The van der Waals surface area contributed by atoms with Crippen LogP contribution in [0.1, 0.15) is 6.92 Å². The van der Waals surface area contributed by atoms with Crippen molar-refractivity contribution in [1.29, 1.82) is 0 Å². The molecule has 0 unspecified atom stereocenters. The molecular weight excluding hydrogens is 587 g/mol. The quantitative estimate of drug-likeness (QED) is 0.206. The second-order valence-electron chi connectivity index (χ2n) is 6.39. The van der Waals surface area contributed by atoms with Gasteiger partial charge < -0.3 is 4.74 Å². The molecule has 216 valence electrons. The summed E-state index contributed by atoms with van der Waals surface area (Å²) in [5.74, 6) is -82.6. The molecule has 0 bridgehead atoms. The van der Waals surface area contributed by atoms with Crippen LogP contribution in [0, 0.1) is 0 Å². The van der Waals surface area contributed by atoms with Crippen LogP contribution in [0.2, 0.25) is 0 Å². The Morgan fingerprint density at radius 2 is 0.667 bits per heavy atom. The fourth-order valence-electron chi connectivity index (χ4n) is 1.91. The average Bonchev–Trinajstić information content (AvgIpc) is 2.65. The van der Waals surface area contributed by atoms with Gasteiger partial charge in [-0.2, -0.15) is 92.2 Å². The van der Waals surface area contributed by atoms with E-state index in [1.54, 1.807) is 0 Å². The number of ether oxygens (including phenoxy) is 1. The number of esters is 1. The van der Waals surface area contributed by atoms with Gasteiger partial charge in [-0.05, 0) is 6.92 Å². The zero-order valence-electron chi connectivity index (χ0n) is 16.0. The first-order chi connectivity index (χ1) is 15.2. The molecule has 0 aliphatic carbocycles. The number of hydrogen-bond acceptors (Lipinski definition) is 2. The summed E-state index contributed by atoms with van der Waals surface area (Å²) in [5, 5.41) is 0. The van der Waals surface area contributed by atoms with Crippen LogP contribution in [-0.4, -0.2) is 72.1 Å². The van der Waals surface area contributed by atoms with E-state index in [0.29, 0.717) is 6.92 Å². The van der Waals surface area contributed by atoms with Crippen molar-refractivity contribution >= 4 is 5.97 Å². The smallest absolute Gasteiger partial charge is 0.460 e. The molecule has 0 fully saturated rings. The van der Waals surface area contributed by atoms with E-state index in [2.05, 4.69) is 4.74 Å². The van der Waals surface area contributed by atoms with Crippen molar-refractivity contribution in [2.24, 2.45) is 0 Å². The molecule has 36 heavy (non-hydrogen) atoms. The minimum absolute atomic E-state index is 0.465. The molecule has 0 aromatic carbocycles. The summed E-state index contributed by atoms with van der Waals surface area (Å²) in [6, 6.07) is 0. The Balaban J connectivity index is 7.09. The molecule has 0 atom stereocenters. The number of halogens is 21. The summed E-state index contributed by atoms with van der Waals surface area (Å²) in [4.78, 5) is 10.7.